The Kier molecular flexibility index (Phi) is 3.07. The lowest BCUT2D eigenvalue weighted by Crippen LogP contribution is -1.85. The van der Waals surface area contributed by atoms with Crippen molar-refractivity contribution < 1.29 is 0 Å². The van der Waals surface area contributed by atoms with Gasteiger partial charge in [-0.1, -0.05) is 34.8 Å². The SMILES string of the molecule is Clc1cc(I)c2ncc(Cl)c(Cl)c2c1. The van der Waals surface area contributed by atoms with Crippen molar-refractivity contribution in [2.45, 2.75) is 0 Å². The zero-order valence-electron chi connectivity index (χ0n) is 6.69. The number of hydrogen-bond donors (Lipinski definition) is 0. The van der Waals surface area contributed by atoms with Crippen LogP contribution in [0.2, 0.25) is 15.1 Å². The normalized spacial score (nSPS) is 10.9. The fourth-order valence-corrected chi connectivity index (χ4v) is 2.68. The molecule has 0 radical (unpaired) electrons. The van der Waals surface area contributed by atoms with Crippen molar-refractivity contribution in [2.24, 2.45) is 0 Å². The molecule has 0 N–H and O–H groups in total. The molecule has 0 aliphatic carbocycles. The molecule has 2 aromatic rings. The molecule has 1 aromatic carbocycles. The van der Waals surface area contributed by atoms with E-state index in [1.165, 1.54) is 0 Å². The molecule has 5 heteroatoms. The second kappa shape index (κ2) is 4.00. The molecule has 72 valence electrons. The second-order valence-corrected chi connectivity index (χ2v) is 5.09. The van der Waals surface area contributed by atoms with Gasteiger partial charge in [0.05, 0.1) is 15.6 Å². The van der Waals surface area contributed by atoms with Crippen molar-refractivity contribution in [2.75, 3.05) is 0 Å². The van der Waals surface area contributed by atoms with Gasteiger partial charge in [-0.3, -0.25) is 4.98 Å². The van der Waals surface area contributed by atoms with E-state index < -0.39 is 0 Å². The average Bonchev–Trinajstić information content (AvgIpc) is 2.12. The first-order valence-corrected chi connectivity index (χ1v) is 5.89. The van der Waals surface area contributed by atoms with Crippen LogP contribution in [0.15, 0.2) is 18.3 Å². The number of rotatable bonds is 0. The zero-order chi connectivity index (χ0) is 10.3. The number of benzene rings is 1. The van der Waals surface area contributed by atoms with Crippen LogP contribution in [0.1, 0.15) is 0 Å². The predicted octanol–water partition coefficient (Wildman–Crippen LogP) is 4.80. The summed E-state index contributed by atoms with van der Waals surface area (Å²) in [7, 11) is 0. The highest BCUT2D eigenvalue weighted by atomic mass is 127. The smallest absolute Gasteiger partial charge is 0.0852 e. The van der Waals surface area contributed by atoms with E-state index in [2.05, 4.69) is 27.6 Å². The van der Waals surface area contributed by atoms with E-state index in [-0.39, 0.29) is 0 Å². The third-order valence-corrected chi connectivity index (χ3v) is 3.61. The molecule has 0 unspecified atom stereocenters. The minimum Gasteiger partial charge on any atom is -0.253 e. The molecule has 0 aliphatic rings. The quantitative estimate of drug-likeness (QED) is 0.617. The molecular formula is C9H3Cl3IN. The maximum absolute atomic E-state index is 6.04. The fraction of sp³-hybridized carbons (Fsp3) is 0. The van der Waals surface area contributed by atoms with Crippen LogP contribution >= 0.6 is 57.4 Å². The van der Waals surface area contributed by atoms with Crippen LogP contribution in [0.3, 0.4) is 0 Å². The summed E-state index contributed by atoms with van der Waals surface area (Å²) < 4.78 is 0.962. The minimum atomic E-state index is 0.442. The Morgan fingerprint density at radius 2 is 1.86 bits per heavy atom. The van der Waals surface area contributed by atoms with Crippen molar-refractivity contribution in [3.05, 3.63) is 37.0 Å². The van der Waals surface area contributed by atoms with Crippen molar-refractivity contribution in [1.82, 2.24) is 4.98 Å². The Balaban J connectivity index is 2.95. The summed E-state index contributed by atoms with van der Waals surface area (Å²) in [5.74, 6) is 0. The number of pyridine rings is 1. The van der Waals surface area contributed by atoms with E-state index in [1.54, 1.807) is 12.3 Å². The molecule has 14 heavy (non-hydrogen) atoms. The zero-order valence-corrected chi connectivity index (χ0v) is 11.1. The van der Waals surface area contributed by atoms with Crippen LogP contribution in [0.4, 0.5) is 0 Å². The molecule has 0 amide bonds. The third-order valence-electron chi connectivity index (χ3n) is 1.78. The van der Waals surface area contributed by atoms with E-state index in [1.807, 2.05) is 6.07 Å². The van der Waals surface area contributed by atoms with E-state index in [0.29, 0.717) is 15.1 Å². The molecule has 0 saturated carbocycles. The average molecular weight is 358 g/mol. The fourth-order valence-electron chi connectivity index (χ4n) is 1.17. The Labute approximate surface area is 110 Å². The van der Waals surface area contributed by atoms with Gasteiger partial charge in [0.15, 0.2) is 0 Å². The first-order valence-electron chi connectivity index (χ1n) is 3.68. The van der Waals surface area contributed by atoms with Gasteiger partial charge < -0.3 is 0 Å². The van der Waals surface area contributed by atoms with Crippen molar-refractivity contribution in [1.29, 1.82) is 0 Å². The van der Waals surface area contributed by atoms with Crippen LogP contribution in [0.5, 0.6) is 0 Å². The molecule has 0 aliphatic heterocycles. The Hall–Kier alpha value is 0.230. The summed E-state index contributed by atoms with van der Waals surface area (Å²) in [6.07, 6.45) is 1.54. The molecule has 0 fully saturated rings. The Morgan fingerprint density at radius 3 is 2.57 bits per heavy atom. The van der Waals surface area contributed by atoms with E-state index in [4.69, 9.17) is 34.8 Å². The minimum absolute atomic E-state index is 0.442. The molecule has 1 heterocycles. The lowest BCUT2D eigenvalue weighted by Gasteiger charge is -2.04. The monoisotopic (exact) mass is 357 g/mol. The first kappa shape index (κ1) is 10.7. The van der Waals surface area contributed by atoms with E-state index in [0.717, 1.165) is 14.5 Å². The number of halogens is 4. The van der Waals surface area contributed by atoms with Crippen molar-refractivity contribution >= 4 is 68.3 Å². The van der Waals surface area contributed by atoms with Gasteiger partial charge in [0.2, 0.25) is 0 Å². The highest BCUT2D eigenvalue weighted by Gasteiger charge is 2.08. The maximum Gasteiger partial charge on any atom is 0.0852 e. The number of hydrogen-bond acceptors (Lipinski definition) is 1. The Bertz CT molecular complexity index is 513. The molecule has 1 nitrogen and oxygen atoms in total. The summed E-state index contributed by atoms with van der Waals surface area (Å²) in [5.41, 5.74) is 0.824. The highest BCUT2D eigenvalue weighted by molar-refractivity contribution is 14.1. The Morgan fingerprint density at radius 1 is 1.14 bits per heavy atom. The molecule has 0 saturated heterocycles. The summed E-state index contributed by atoms with van der Waals surface area (Å²) in [4.78, 5) is 4.20. The van der Waals surface area contributed by atoms with Crippen LogP contribution in [-0.4, -0.2) is 4.98 Å². The van der Waals surface area contributed by atoms with Gasteiger partial charge in [0, 0.05) is 20.2 Å². The van der Waals surface area contributed by atoms with Gasteiger partial charge in [-0.2, -0.15) is 0 Å². The van der Waals surface area contributed by atoms with Crippen molar-refractivity contribution in [3.63, 3.8) is 0 Å². The van der Waals surface area contributed by atoms with Gasteiger partial charge in [-0.15, -0.1) is 0 Å². The number of fused-ring (bicyclic) bond motifs is 1. The topological polar surface area (TPSA) is 12.9 Å². The first-order chi connectivity index (χ1) is 6.59. The lowest BCUT2D eigenvalue weighted by atomic mass is 10.2. The molecule has 0 atom stereocenters. The number of nitrogens with zero attached hydrogens (tertiary/aromatic N) is 1. The molecule has 0 bridgehead atoms. The lowest BCUT2D eigenvalue weighted by molar-refractivity contribution is 1.40. The van der Waals surface area contributed by atoms with E-state index in [9.17, 15) is 0 Å². The summed E-state index contributed by atoms with van der Waals surface area (Å²) >= 11 is 20.0. The van der Waals surface area contributed by atoms with E-state index >= 15 is 0 Å². The largest absolute Gasteiger partial charge is 0.253 e. The number of aromatic nitrogens is 1. The van der Waals surface area contributed by atoms with Gasteiger partial charge in [-0.05, 0) is 34.7 Å². The van der Waals surface area contributed by atoms with Crippen LogP contribution in [-0.2, 0) is 0 Å². The van der Waals surface area contributed by atoms with Crippen LogP contribution < -0.4 is 0 Å². The third kappa shape index (κ3) is 1.81. The summed E-state index contributed by atoms with van der Waals surface area (Å²) in [6, 6.07) is 3.60. The van der Waals surface area contributed by atoms with Crippen molar-refractivity contribution in [3.8, 4) is 0 Å². The standard InChI is InChI=1S/C9H3Cl3IN/c10-4-1-5-8(12)6(11)3-14-9(5)7(13)2-4/h1-3H. The second-order valence-electron chi connectivity index (χ2n) is 2.70. The maximum atomic E-state index is 6.04. The molecule has 1 aromatic heterocycles. The van der Waals surface area contributed by atoms with Gasteiger partial charge in [-0.25, -0.2) is 0 Å². The molecule has 0 spiro atoms. The van der Waals surface area contributed by atoms with Crippen LogP contribution in [0, 0.1) is 3.57 Å². The predicted molar refractivity (Wildman–Crippen MR) is 69.5 cm³/mol. The van der Waals surface area contributed by atoms with Gasteiger partial charge in [0.25, 0.3) is 0 Å². The van der Waals surface area contributed by atoms with Gasteiger partial charge in [0.1, 0.15) is 0 Å². The van der Waals surface area contributed by atoms with Gasteiger partial charge >= 0.3 is 0 Å². The van der Waals surface area contributed by atoms with Crippen LogP contribution in [0.25, 0.3) is 10.9 Å². The molecular weight excluding hydrogens is 355 g/mol. The summed E-state index contributed by atoms with van der Waals surface area (Å²) in [6.45, 7) is 0. The highest BCUT2D eigenvalue weighted by Crippen LogP contribution is 2.33. The molecule has 2 rings (SSSR count). The summed E-state index contributed by atoms with van der Waals surface area (Å²) in [5, 5.41) is 2.36.